The molecule has 90 valence electrons. The Morgan fingerprint density at radius 3 is 2.95 bits per heavy atom. The van der Waals surface area contributed by atoms with Crippen LogP contribution < -0.4 is 5.32 Å². The lowest BCUT2D eigenvalue weighted by atomic mass is 10.1. The highest BCUT2D eigenvalue weighted by molar-refractivity contribution is 5.94. The number of benzene rings is 1. The molecule has 0 unspecified atom stereocenters. The molecule has 0 radical (unpaired) electrons. The summed E-state index contributed by atoms with van der Waals surface area (Å²) >= 11 is 0. The van der Waals surface area contributed by atoms with Crippen LogP contribution in [0.2, 0.25) is 0 Å². The molecular formula is C15H10N4. The Bertz CT molecular complexity index is 769. The fraction of sp³-hybridized carbons (Fsp3) is 0. The second kappa shape index (κ2) is 4.75. The molecule has 3 aromatic rings. The second-order valence-electron chi connectivity index (χ2n) is 4.07. The van der Waals surface area contributed by atoms with Crippen LogP contribution in [0.3, 0.4) is 0 Å². The standard InChI is InChI=1S/C15H10N4/c16-9-13-8-12(5-7-18-13)19-15-3-1-2-11-4-6-17-10-14(11)15/h1-8,10H,(H,18,19). The largest absolute Gasteiger partial charge is 0.355 e. The van der Waals surface area contributed by atoms with Gasteiger partial charge in [-0.05, 0) is 29.7 Å². The number of rotatable bonds is 2. The molecule has 1 aromatic carbocycles. The third-order valence-corrected chi connectivity index (χ3v) is 2.84. The minimum Gasteiger partial charge on any atom is -0.355 e. The summed E-state index contributed by atoms with van der Waals surface area (Å²) in [6.45, 7) is 0. The first kappa shape index (κ1) is 11.2. The molecule has 4 heteroatoms. The average molecular weight is 246 g/mol. The number of fused-ring (bicyclic) bond motifs is 1. The number of anilines is 2. The summed E-state index contributed by atoms with van der Waals surface area (Å²) in [5, 5.41) is 14.3. The molecule has 1 N–H and O–H groups in total. The zero-order chi connectivity index (χ0) is 13.1. The van der Waals surface area contributed by atoms with E-state index in [0.29, 0.717) is 5.69 Å². The molecule has 0 bridgehead atoms. The number of pyridine rings is 2. The van der Waals surface area contributed by atoms with E-state index in [9.17, 15) is 0 Å². The van der Waals surface area contributed by atoms with E-state index in [4.69, 9.17) is 5.26 Å². The van der Waals surface area contributed by atoms with Gasteiger partial charge in [0.25, 0.3) is 0 Å². The Morgan fingerprint density at radius 1 is 1.11 bits per heavy atom. The molecule has 19 heavy (non-hydrogen) atoms. The molecule has 0 aliphatic carbocycles. The number of hydrogen-bond donors (Lipinski definition) is 1. The molecule has 0 aliphatic rings. The highest BCUT2D eigenvalue weighted by atomic mass is 14.9. The molecule has 0 spiro atoms. The van der Waals surface area contributed by atoms with Gasteiger partial charge in [0.15, 0.2) is 0 Å². The summed E-state index contributed by atoms with van der Waals surface area (Å²) in [6, 6.07) is 13.5. The number of hydrogen-bond acceptors (Lipinski definition) is 4. The van der Waals surface area contributed by atoms with Gasteiger partial charge in [0.1, 0.15) is 11.8 Å². The van der Waals surface area contributed by atoms with Gasteiger partial charge in [0, 0.05) is 35.4 Å². The Hall–Kier alpha value is -2.93. The normalized spacial score (nSPS) is 10.1. The summed E-state index contributed by atoms with van der Waals surface area (Å²) < 4.78 is 0. The van der Waals surface area contributed by atoms with Crippen LogP contribution >= 0.6 is 0 Å². The van der Waals surface area contributed by atoms with Crippen LogP contribution in [0.5, 0.6) is 0 Å². The third kappa shape index (κ3) is 2.22. The van der Waals surface area contributed by atoms with Gasteiger partial charge >= 0.3 is 0 Å². The average Bonchev–Trinajstić information content (AvgIpc) is 2.48. The Balaban J connectivity index is 2.04. The van der Waals surface area contributed by atoms with Crippen molar-refractivity contribution in [3.63, 3.8) is 0 Å². The highest BCUT2D eigenvalue weighted by Crippen LogP contribution is 2.25. The van der Waals surface area contributed by atoms with Crippen molar-refractivity contribution in [2.45, 2.75) is 0 Å². The van der Waals surface area contributed by atoms with E-state index in [1.165, 1.54) is 0 Å². The molecule has 0 amide bonds. The summed E-state index contributed by atoms with van der Waals surface area (Å²) in [7, 11) is 0. The minimum absolute atomic E-state index is 0.392. The van der Waals surface area contributed by atoms with Gasteiger partial charge in [-0.3, -0.25) is 4.98 Å². The molecule has 0 saturated heterocycles. The van der Waals surface area contributed by atoms with Crippen molar-refractivity contribution in [1.82, 2.24) is 9.97 Å². The summed E-state index contributed by atoms with van der Waals surface area (Å²) in [5.41, 5.74) is 2.19. The molecule has 0 saturated carbocycles. The lowest BCUT2D eigenvalue weighted by molar-refractivity contribution is 1.26. The molecule has 4 nitrogen and oxygen atoms in total. The Morgan fingerprint density at radius 2 is 2.05 bits per heavy atom. The first-order valence-electron chi connectivity index (χ1n) is 5.83. The minimum atomic E-state index is 0.392. The van der Waals surface area contributed by atoms with Crippen LogP contribution in [-0.2, 0) is 0 Å². The summed E-state index contributed by atoms with van der Waals surface area (Å²) in [6.07, 6.45) is 5.21. The van der Waals surface area contributed by atoms with Crippen LogP contribution in [0.15, 0.2) is 55.0 Å². The number of aromatic nitrogens is 2. The van der Waals surface area contributed by atoms with Gasteiger partial charge in [0.2, 0.25) is 0 Å². The van der Waals surface area contributed by atoms with Crippen LogP contribution in [0, 0.1) is 11.3 Å². The first-order valence-corrected chi connectivity index (χ1v) is 5.83. The van der Waals surface area contributed by atoms with E-state index in [1.54, 1.807) is 18.5 Å². The highest BCUT2D eigenvalue weighted by Gasteiger charge is 2.02. The Labute approximate surface area is 110 Å². The molecule has 0 fully saturated rings. The van der Waals surface area contributed by atoms with E-state index in [0.717, 1.165) is 22.1 Å². The quantitative estimate of drug-likeness (QED) is 0.754. The molecule has 3 rings (SSSR count). The lowest BCUT2D eigenvalue weighted by Crippen LogP contribution is -1.93. The summed E-state index contributed by atoms with van der Waals surface area (Å²) in [5.74, 6) is 0. The van der Waals surface area contributed by atoms with Gasteiger partial charge < -0.3 is 5.32 Å². The maximum absolute atomic E-state index is 8.85. The van der Waals surface area contributed by atoms with Gasteiger partial charge in [-0.1, -0.05) is 12.1 Å². The van der Waals surface area contributed by atoms with E-state index in [-0.39, 0.29) is 0 Å². The van der Waals surface area contributed by atoms with Crippen LogP contribution in [0.4, 0.5) is 11.4 Å². The third-order valence-electron chi connectivity index (χ3n) is 2.84. The van der Waals surface area contributed by atoms with Crippen molar-refractivity contribution < 1.29 is 0 Å². The number of nitriles is 1. The second-order valence-corrected chi connectivity index (χ2v) is 4.07. The molecule has 0 aliphatic heterocycles. The van der Waals surface area contributed by atoms with Gasteiger partial charge in [0.05, 0.1) is 0 Å². The lowest BCUT2D eigenvalue weighted by Gasteiger charge is -2.09. The maximum atomic E-state index is 8.85. The van der Waals surface area contributed by atoms with E-state index >= 15 is 0 Å². The van der Waals surface area contributed by atoms with Gasteiger partial charge in [-0.15, -0.1) is 0 Å². The van der Waals surface area contributed by atoms with E-state index < -0.39 is 0 Å². The van der Waals surface area contributed by atoms with Crippen LogP contribution in [0.1, 0.15) is 5.69 Å². The van der Waals surface area contributed by atoms with Gasteiger partial charge in [-0.25, -0.2) is 4.98 Å². The topological polar surface area (TPSA) is 61.6 Å². The molecule has 0 atom stereocenters. The smallest absolute Gasteiger partial charge is 0.142 e. The number of nitrogens with one attached hydrogen (secondary N) is 1. The zero-order valence-electron chi connectivity index (χ0n) is 10.0. The molecule has 2 heterocycles. The van der Waals surface area contributed by atoms with Crippen LogP contribution in [0.25, 0.3) is 10.8 Å². The zero-order valence-corrected chi connectivity index (χ0v) is 10.0. The van der Waals surface area contributed by atoms with Crippen LogP contribution in [-0.4, -0.2) is 9.97 Å². The van der Waals surface area contributed by atoms with Crippen molar-refractivity contribution in [1.29, 1.82) is 5.26 Å². The van der Waals surface area contributed by atoms with Crippen molar-refractivity contribution >= 4 is 22.1 Å². The predicted octanol–water partition coefficient (Wildman–Crippen LogP) is 3.25. The SMILES string of the molecule is N#Cc1cc(Nc2cccc3ccncc23)ccn1. The number of nitrogens with zero attached hydrogens (tertiary/aromatic N) is 3. The van der Waals surface area contributed by atoms with Crippen molar-refractivity contribution in [2.24, 2.45) is 0 Å². The fourth-order valence-corrected chi connectivity index (χ4v) is 1.95. The van der Waals surface area contributed by atoms with Gasteiger partial charge in [-0.2, -0.15) is 5.26 Å². The molecule has 2 aromatic heterocycles. The summed E-state index contributed by atoms with van der Waals surface area (Å²) in [4.78, 5) is 8.09. The van der Waals surface area contributed by atoms with Crippen molar-refractivity contribution in [3.8, 4) is 6.07 Å². The first-order chi connectivity index (χ1) is 9.36. The molecular weight excluding hydrogens is 236 g/mol. The Kier molecular flexibility index (Phi) is 2.79. The van der Waals surface area contributed by atoms with E-state index in [2.05, 4.69) is 15.3 Å². The predicted molar refractivity (Wildman–Crippen MR) is 74.0 cm³/mol. The van der Waals surface area contributed by atoms with Crippen molar-refractivity contribution in [2.75, 3.05) is 5.32 Å². The van der Waals surface area contributed by atoms with E-state index in [1.807, 2.05) is 42.6 Å². The maximum Gasteiger partial charge on any atom is 0.142 e. The fourth-order valence-electron chi connectivity index (χ4n) is 1.95. The van der Waals surface area contributed by atoms with Crippen molar-refractivity contribution in [3.05, 3.63) is 60.7 Å². The monoisotopic (exact) mass is 246 g/mol.